The number of hydrogen-bond donors (Lipinski definition) is 2. The molecule has 0 radical (unpaired) electrons. The molecule has 3 rings (SSSR count). The van der Waals surface area contributed by atoms with Crippen LogP contribution in [0.15, 0.2) is 29.4 Å². The number of hydrogen-bond acceptors (Lipinski definition) is 3. The molecular weight excluding hydrogens is 419 g/mol. The van der Waals surface area contributed by atoms with E-state index in [1.165, 1.54) is 25.3 Å². The molecule has 2 heterocycles. The maximum absolute atomic E-state index is 13.0. The number of alkyl halides is 5. The maximum atomic E-state index is 13.0. The van der Waals surface area contributed by atoms with Gasteiger partial charge >= 0.3 is 6.30 Å². The normalized spacial score (nSPS) is 13.3. The van der Waals surface area contributed by atoms with E-state index in [1.54, 1.807) is 0 Å². The predicted molar refractivity (Wildman–Crippen MR) is 88.0 cm³/mol. The molecule has 1 unspecified atom stereocenters. The molecule has 27 heavy (non-hydrogen) atoms. The second kappa shape index (κ2) is 7.00. The number of benzene rings is 1. The van der Waals surface area contributed by atoms with Crippen LogP contribution in [0.4, 0.5) is 27.6 Å². The van der Waals surface area contributed by atoms with Crippen LogP contribution in [0.5, 0.6) is 5.88 Å². The Morgan fingerprint density at radius 1 is 1.37 bits per heavy atom. The molecule has 146 valence electrons. The average molecular weight is 429 g/mol. The summed E-state index contributed by atoms with van der Waals surface area (Å²) in [4.78, 5) is 2.90. The van der Waals surface area contributed by atoms with E-state index < -0.39 is 34.3 Å². The van der Waals surface area contributed by atoms with Crippen LogP contribution in [-0.4, -0.2) is 19.0 Å². The Kier molecular flexibility index (Phi) is 5.04. The van der Waals surface area contributed by atoms with Gasteiger partial charge in [0.05, 0.1) is 16.6 Å². The number of halogens is 6. The lowest BCUT2D eigenvalue weighted by Gasteiger charge is -2.09. The predicted octanol–water partition coefficient (Wildman–Crippen LogP) is 4.75. The standard InChI is InChI=1S/C14H10ClF5N4O2S/c1-6-7(12(16)17)2-3-8-10(5-21-11(6)8)27(25)23-9-4-22-24(13(9)26-15)14(18,19)20/h2-5,12,21,23H,1H3. The van der Waals surface area contributed by atoms with E-state index in [9.17, 15) is 26.2 Å². The van der Waals surface area contributed by atoms with Crippen LogP contribution in [0.3, 0.4) is 0 Å². The maximum Gasteiger partial charge on any atom is 0.507 e. The Bertz CT molecular complexity index is 1020. The van der Waals surface area contributed by atoms with Gasteiger partial charge in [0.1, 0.15) is 17.6 Å². The molecule has 1 aromatic carbocycles. The molecule has 0 saturated heterocycles. The first-order valence-electron chi connectivity index (χ1n) is 7.16. The molecule has 0 bridgehead atoms. The van der Waals surface area contributed by atoms with Gasteiger partial charge in [-0.25, -0.2) is 13.0 Å². The van der Waals surface area contributed by atoms with Gasteiger partial charge < -0.3 is 9.27 Å². The van der Waals surface area contributed by atoms with E-state index in [0.29, 0.717) is 10.9 Å². The van der Waals surface area contributed by atoms with Crippen molar-refractivity contribution in [3.63, 3.8) is 0 Å². The first-order valence-corrected chi connectivity index (χ1v) is 8.62. The minimum atomic E-state index is -4.89. The fourth-order valence-corrected chi connectivity index (χ4v) is 3.68. The fourth-order valence-electron chi connectivity index (χ4n) is 2.54. The Hall–Kier alpha value is -2.34. The van der Waals surface area contributed by atoms with Gasteiger partial charge in [-0.15, -0.1) is 17.9 Å². The molecule has 0 spiro atoms. The van der Waals surface area contributed by atoms with E-state index in [0.717, 1.165) is 6.20 Å². The van der Waals surface area contributed by atoms with Gasteiger partial charge in [-0.1, -0.05) is 12.1 Å². The van der Waals surface area contributed by atoms with Crippen molar-refractivity contribution >= 4 is 39.4 Å². The molecule has 2 N–H and O–H groups in total. The Morgan fingerprint density at radius 2 is 2.07 bits per heavy atom. The highest BCUT2D eigenvalue weighted by Gasteiger charge is 2.37. The summed E-state index contributed by atoms with van der Waals surface area (Å²) in [6.45, 7) is 1.48. The van der Waals surface area contributed by atoms with E-state index in [-0.39, 0.29) is 21.7 Å². The molecule has 2 aromatic heterocycles. The van der Waals surface area contributed by atoms with Crippen molar-refractivity contribution in [2.75, 3.05) is 4.72 Å². The smallest absolute Gasteiger partial charge is 0.362 e. The molecule has 3 aromatic rings. The highest BCUT2D eigenvalue weighted by atomic mass is 35.5. The van der Waals surface area contributed by atoms with Crippen LogP contribution in [0, 0.1) is 6.92 Å². The van der Waals surface area contributed by atoms with Crippen molar-refractivity contribution in [1.82, 2.24) is 14.8 Å². The van der Waals surface area contributed by atoms with Crippen LogP contribution in [-0.2, 0) is 17.3 Å². The van der Waals surface area contributed by atoms with Crippen LogP contribution in [0.1, 0.15) is 17.6 Å². The van der Waals surface area contributed by atoms with E-state index in [1.807, 2.05) is 0 Å². The van der Waals surface area contributed by atoms with Crippen molar-refractivity contribution < 1.29 is 30.5 Å². The van der Waals surface area contributed by atoms with Gasteiger partial charge in [-0.05, 0) is 12.5 Å². The number of rotatable bonds is 5. The van der Waals surface area contributed by atoms with Gasteiger partial charge in [-0.3, -0.25) is 4.72 Å². The van der Waals surface area contributed by atoms with Crippen LogP contribution in [0.25, 0.3) is 10.9 Å². The number of nitrogens with zero attached hydrogens (tertiary/aromatic N) is 2. The summed E-state index contributed by atoms with van der Waals surface area (Å²) in [5.74, 6) is -0.895. The van der Waals surface area contributed by atoms with Gasteiger partial charge in [0, 0.05) is 17.1 Å². The molecule has 0 saturated carbocycles. The number of aromatic amines is 1. The van der Waals surface area contributed by atoms with Gasteiger partial charge in [0.15, 0.2) is 11.0 Å². The van der Waals surface area contributed by atoms with Crippen LogP contribution < -0.4 is 9.01 Å². The number of aryl methyl sites for hydroxylation is 1. The number of H-pyrrole nitrogens is 1. The first-order chi connectivity index (χ1) is 12.6. The molecular formula is C14H10ClF5N4O2S. The van der Waals surface area contributed by atoms with Crippen LogP contribution >= 0.6 is 11.9 Å². The minimum Gasteiger partial charge on any atom is -0.362 e. The monoisotopic (exact) mass is 428 g/mol. The number of anilines is 1. The lowest BCUT2D eigenvalue weighted by atomic mass is 10.1. The molecule has 13 heteroatoms. The zero-order chi connectivity index (χ0) is 19.9. The highest BCUT2D eigenvalue weighted by Crippen LogP contribution is 2.35. The average Bonchev–Trinajstić information content (AvgIpc) is 3.18. The molecule has 0 fully saturated rings. The minimum absolute atomic E-state index is 0.147. The summed E-state index contributed by atoms with van der Waals surface area (Å²) in [6.07, 6.45) is -5.51. The molecule has 1 atom stereocenters. The third-order valence-electron chi connectivity index (χ3n) is 3.80. The third kappa shape index (κ3) is 3.46. The fraction of sp³-hybridized carbons (Fsp3) is 0.214. The zero-order valence-corrected chi connectivity index (χ0v) is 14.8. The summed E-state index contributed by atoms with van der Waals surface area (Å²) < 4.78 is 83.0. The number of fused-ring (bicyclic) bond motifs is 1. The topological polar surface area (TPSA) is 71.9 Å². The summed E-state index contributed by atoms with van der Waals surface area (Å²) >= 11 is 5.08. The van der Waals surface area contributed by atoms with Crippen molar-refractivity contribution in [3.8, 4) is 5.88 Å². The lowest BCUT2D eigenvalue weighted by Crippen LogP contribution is -2.18. The highest BCUT2D eigenvalue weighted by molar-refractivity contribution is 7.86. The molecule has 6 nitrogen and oxygen atoms in total. The summed E-state index contributed by atoms with van der Waals surface area (Å²) in [5.41, 5.74) is 0.0769. The number of nitrogens with one attached hydrogen (secondary N) is 2. The van der Waals surface area contributed by atoms with E-state index >= 15 is 0 Å². The van der Waals surface area contributed by atoms with Crippen LogP contribution in [0.2, 0.25) is 0 Å². The third-order valence-corrected chi connectivity index (χ3v) is 5.08. The summed E-state index contributed by atoms with van der Waals surface area (Å²) in [7, 11) is -2.06. The van der Waals surface area contributed by atoms with Crippen molar-refractivity contribution in [2.45, 2.75) is 24.5 Å². The Labute approximate surface area is 156 Å². The molecule has 0 amide bonds. The van der Waals surface area contributed by atoms with Crippen molar-refractivity contribution in [1.29, 1.82) is 0 Å². The second-order valence-electron chi connectivity index (χ2n) is 5.35. The van der Waals surface area contributed by atoms with Gasteiger partial charge in [0.25, 0.3) is 12.3 Å². The van der Waals surface area contributed by atoms with E-state index in [2.05, 4.69) is 19.1 Å². The van der Waals surface area contributed by atoms with Crippen molar-refractivity contribution in [3.05, 3.63) is 35.7 Å². The second-order valence-corrected chi connectivity index (χ2v) is 6.68. The van der Waals surface area contributed by atoms with E-state index in [4.69, 9.17) is 11.9 Å². The Morgan fingerprint density at radius 3 is 2.67 bits per heavy atom. The van der Waals surface area contributed by atoms with Gasteiger partial charge in [0.2, 0.25) is 0 Å². The SMILES string of the molecule is Cc1c(C(F)F)ccc2c(S(=O)Nc3cnn(C(F)(F)F)c3OCl)c[nH]c12. The molecule has 0 aliphatic heterocycles. The van der Waals surface area contributed by atoms with Gasteiger partial charge in [-0.2, -0.15) is 5.10 Å². The largest absolute Gasteiger partial charge is 0.507 e. The zero-order valence-electron chi connectivity index (χ0n) is 13.3. The Balaban J connectivity index is 1.96. The molecule has 0 aliphatic rings. The summed E-state index contributed by atoms with van der Waals surface area (Å²) in [6, 6.07) is 2.55. The quantitative estimate of drug-likeness (QED) is 0.576. The summed E-state index contributed by atoms with van der Waals surface area (Å²) in [5, 5.41) is 3.47. The lowest BCUT2D eigenvalue weighted by molar-refractivity contribution is -0.213. The molecule has 0 aliphatic carbocycles. The van der Waals surface area contributed by atoms with Crippen molar-refractivity contribution in [2.24, 2.45) is 0 Å². The number of aromatic nitrogens is 3. The first kappa shape index (κ1) is 19.4.